The molecule has 0 aliphatic rings. The van der Waals surface area contributed by atoms with Gasteiger partial charge in [-0.3, -0.25) is 4.79 Å². The molecule has 1 aromatic carbocycles. The summed E-state index contributed by atoms with van der Waals surface area (Å²) in [6, 6.07) is 4.52. The molecular formula is C15H23N3O3. The van der Waals surface area contributed by atoms with Crippen LogP contribution >= 0.6 is 0 Å². The van der Waals surface area contributed by atoms with Crippen LogP contribution < -0.4 is 16.0 Å². The number of nitrogens with one attached hydrogen (secondary N) is 1. The number of anilines is 2. The third-order valence-corrected chi connectivity index (χ3v) is 2.85. The number of carboxylic acids is 1. The molecule has 0 saturated heterocycles. The lowest BCUT2D eigenvalue weighted by Crippen LogP contribution is -2.46. The molecule has 0 bridgehead atoms. The molecule has 0 aliphatic heterocycles. The first kappa shape index (κ1) is 16.8. The van der Waals surface area contributed by atoms with Crippen molar-refractivity contribution in [2.45, 2.75) is 33.2 Å². The third-order valence-electron chi connectivity index (χ3n) is 2.85. The number of carbonyl (C=O) groups excluding carboxylic acids is 1. The quantitative estimate of drug-likeness (QED) is 0.718. The van der Waals surface area contributed by atoms with Gasteiger partial charge >= 0.3 is 5.97 Å². The molecule has 0 aromatic heterocycles. The van der Waals surface area contributed by atoms with Crippen molar-refractivity contribution in [3.63, 3.8) is 0 Å². The molecule has 1 aromatic rings. The van der Waals surface area contributed by atoms with Gasteiger partial charge in [-0.2, -0.15) is 0 Å². The molecule has 0 spiro atoms. The number of hydrogen-bond acceptors (Lipinski definition) is 4. The van der Waals surface area contributed by atoms with Crippen molar-refractivity contribution in [2.24, 2.45) is 0 Å². The average molecular weight is 293 g/mol. The fourth-order valence-electron chi connectivity index (χ4n) is 1.97. The minimum absolute atomic E-state index is 0.105. The van der Waals surface area contributed by atoms with Crippen molar-refractivity contribution in [3.8, 4) is 0 Å². The van der Waals surface area contributed by atoms with Crippen LogP contribution in [0.2, 0.25) is 0 Å². The van der Waals surface area contributed by atoms with Gasteiger partial charge in [0.15, 0.2) is 0 Å². The Morgan fingerprint density at radius 3 is 2.38 bits per heavy atom. The Morgan fingerprint density at radius 1 is 1.33 bits per heavy atom. The Kier molecular flexibility index (Phi) is 5.18. The molecule has 116 valence electrons. The number of aromatic carboxylic acids is 1. The molecular weight excluding hydrogens is 270 g/mol. The van der Waals surface area contributed by atoms with Crippen LogP contribution in [0.3, 0.4) is 0 Å². The van der Waals surface area contributed by atoms with Gasteiger partial charge in [0.25, 0.3) is 0 Å². The number of carboxylic acid groups (broad SMARTS) is 1. The Labute approximate surface area is 124 Å². The number of nitrogens with zero attached hydrogens (tertiary/aromatic N) is 1. The van der Waals surface area contributed by atoms with Crippen molar-refractivity contribution in [3.05, 3.63) is 23.8 Å². The number of nitrogen functional groups attached to an aromatic ring is 1. The van der Waals surface area contributed by atoms with Gasteiger partial charge in [0, 0.05) is 12.1 Å². The lowest BCUT2D eigenvalue weighted by molar-refractivity contribution is -0.121. The topological polar surface area (TPSA) is 95.7 Å². The first-order valence-electron chi connectivity index (χ1n) is 6.83. The Balaban J connectivity index is 2.90. The van der Waals surface area contributed by atoms with Gasteiger partial charge in [-0.25, -0.2) is 4.79 Å². The normalized spacial score (nSPS) is 11.0. The second kappa shape index (κ2) is 6.47. The van der Waals surface area contributed by atoms with E-state index in [0.29, 0.717) is 17.9 Å². The maximum Gasteiger partial charge on any atom is 0.335 e. The predicted molar refractivity (Wildman–Crippen MR) is 83.6 cm³/mol. The van der Waals surface area contributed by atoms with Gasteiger partial charge in [0.05, 0.1) is 23.5 Å². The van der Waals surface area contributed by atoms with E-state index in [4.69, 9.17) is 10.8 Å². The molecule has 6 heteroatoms. The predicted octanol–water partition coefficient (Wildman–Crippen LogP) is 1.71. The van der Waals surface area contributed by atoms with E-state index in [1.54, 1.807) is 6.07 Å². The first-order valence-corrected chi connectivity index (χ1v) is 6.83. The van der Waals surface area contributed by atoms with E-state index in [2.05, 4.69) is 5.32 Å². The molecule has 4 N–H and O–H groups in total. The van der Waals surface area contributed by atoms with E-state index in [1.807, 2.05) is 32.6 Å². The zero-order valence-corrected chi connectivity index (χ0v) is 12.9. The lowest BCUT2D eigenvalue weighted by Gasteiger charge is -2.27. The zero-order valence-electron chi connectivity index (χ0n) is 12.9. The van der Waals surface area contributed by atoms with E-state index in [9.17, 15) is 9.59 Å². The van der Waals surface area contributed by atoms with Gasteiger partial charge in [-0.05, 0) is 45.9 Å². The molecule has 6 nitrogen and oxygen atoms in total. The fourth-order valence-corrected chi connectivity index (χ4v) is 1.97. The van der Waals surface area contributed by atoms with E-state index in [0.717, 1.165) is 0 Å². The van der Waals surface area contributed by atoms with E-state index in [-0.39, 0.29) is 23.6 Å². The van der Waals surface area contributed by atoms with Crippen molar-refractivity contribution in [1.82, 2.24) is 5.32 Å². The van der Waals surface area contributed by atoms with Crippen LogP contribution in [-0.4, -0.2) is 35.6 Å². The molecule has 0 saturated carbocycles. The monoisotopic (exact) mass is 293 g/mol. The number of likely N-dealkylation sites (N-methyl/N-ethyl adjacent to an activating group) is 1. The zero-order chi connectivity index (χ0) is 16.2. The molecule has 21 heavy (non-hydrogen) atoms. The van der Waals surface area contributed by atoms with E-state index >= 15 is 0 Å². The number of nitrogens with two attached hydrogens (primary N) is 1. The number of rotatable bonds is 5. The van der Waals surface area contributed by atoms with Crippen molar-refractivity contribution >= 4 is 23.3 Å². The van der Waals surface area contributed by atoms with Crippen LogP contribution in [0.1, 0.15) is 38.1 Å². The van der Waals surface area contributed by atoms with Gasteiger partial charge < -0.3 is 21.1 Å². The first-order chi connectivity index (χ1) is 9.64. The third kappa shape index (κ3) is 4.98. The largest absolute Gasteiger partial charge is 0.478 e. The SMILES string of the molecule is CCN(CC(=O)NC(C)(C)C)c1ccc(C(=O)O)cc1N. The maximum absolute atomic E-state index is 12.0. The van der Waals surface area contributed by atoms with Crippen LogP contribution in [0.15, 0.2) is 18.2 Å². The van der Waals surface area contributed by atoms with Gasteiger partial charge in [-0.15, -0.1) is 0 Å². The molecule has 1 amide bonds. The number of hydrogen-bond donors (Lipinski definition) is 3. The second-order valence-electron chi connectivity index (χ2n) is 5.89. The van der Waals surface area contributed by atoms with Gasteiger partial charge in [0.1, 0.15) is 0 Å². The van der Waals surface area contributed by atoms with E-state index < -0.39 is 5.97 Å². The molecule has 0 unspecified atom stereocenters. The fraction of sp³-hybridized carbons (Fsp3) is 0.467. The lowest BCUT2D eigenvalue weighted by atomic mass is 10.1. The standard InChI is InChI=1S/C15H23N3O3/c1-5-18(9-13(19)17-15(2,3)4)12-7-6-10(14(20)21)8-11(12)16/h6-8H,5,9,16H2,1-4H3,(H,17,19)(H,20,21). The molecule has 0 atom stereocenters. The molecule has 0 radical (unpaired) electrons. The Morgan fingerprint density at radius 2 is 1.95 bits per heavy atom. The van der Waals surface area contributed by atoms with Crippen LogP contribution in [0, 0.1) is 0 Å². The van der Waals surface area contributed by atoms with E-state index in [1.165, 1.54) is 12.1 Å². The highest BCUT2D eigenvalue weighted by Crippen LogP contribution is 2.24. The summed E-state index contributed by atoms with van der Waals surface area (Å²) in [6.07, 6.45) is 0. The van der Waals surface area contributed by atoms with Crippen LogP contribution in [0.4, 0.5) is 11.4 Å². The summed E-state index contributed by atoms with van der Waals surface area (Å²) >= 11 is 0. The highest BCUT2D eigenvalue weighted by molar-refractivity contribution is 5.91. The summed E-state index contributed by atoms with van der Waals surface area (Å²) in [6.45, 7) is 8.42. The van der Waals surface area contributed by atoms with Gasteiger partial charge in [0.2, 0.25) is 5.91 Å². The summed E-state index contributed by atoms with van der Waals surface area (Å²) in [5.41, 5.74) is 6.74. The van der Waals surface area contributed by atoms with Crippen molar-refractivity contribution in [1.29, 1.82) is 0 Å². The summed E-state index contributed by atoms with van der Waals surface area (Å²) < 4.78 is 0. The Bertz CT molecular complexity index is 535. The summed E-state index contributed by atoms with van der Waals surface area (Å²) in [4.78, 5) is 24.7. The molecule has 0 heterocycles. The second-order valence-corrected chi connectivity index (χ2v) is 5.89. The molecule has 0 aliphatic carbocycles. The molecule has 1 rings (SSSR count). The van der Waals surface area contributed by atoms with Crippen LogP contribution in [0.5, 0.6) is 0 Å². The van der Waals surface area contributed by atoms with Crippen molar-refractivity contribution < 1.29 is 14.7 Å². The number of amides is 1. The maximum atomic E-state index is 12.0. The highest BCUT2D eigenvalue weighted by Gasteiger charge is 2.18. The van der Waals surface area contributed by atoms with Crippen LogP contribution in [0.25, 0.3) is 0 Å². The van der Waals surface area contributed by atoms with Gasteiger partial charge in [-0.1, -0.05) is 0 Å². The smallest absolute Gasteiger partial charge is 0.335 e. The average Bonchev–Trinajstić information content (AvgIpc) is 2.34. The Hall–Kier alpha value is -2.24. The highest BCUT2D eigenvalue weighted by atomic mass is 16.4. The summed E-state index contributed by atoms with van der Waals surface area (Å²) in [5, 5.41) is 11.8. The van der Waals surface area contributed by atoms with Crippen molar-refractivity contribution in [2.75, 3.05) is 23.7 Å². The number of benzene rings is 1. The summed E-state index contributed by atoms with van der Waals surface area (Å²) in [7, 11) is 0. The minimum atomic E-state index is -1.03. The molecule has 0 fully saturated rings. The number of carbonyl (C=O) groups is 2. The van der Waals surface area contributed by atoms with Crippen LogP contribution in [-0.2, 0) is 4.79 Å². The summed E-state index contributed by atoms with van der Waals surface area (Å²) in [5.74, 6) is -1.13. The minimum Gasteiger partial charge on any atom is -0.478 e.